The van der Waals surface area contributed by atoms with Crippen molar-refractivity contribution in [2.75, 3.05) is 39.8 Å². The first-order valence-corrected chi connectivity index (χ1v) is 10.1. The zero-order valence-corrected chi connectivity index (χ0v) is 19.9. The molecular weight excluding hydrogens is 509 g/mol. The fraction of sp³-hybridized carbons (Fsp3) is 0.650. The van der Waals surface area contributed by atoms with Gasteiger partial charge in [-0.2, -0.15) is 8.78 Å². The zero-order chi connectivity index (χ0) is 21.1. The fourth-order valence-electron chi connectivity index (χ4n) is 3.18. The molecule has 3 N–H and O–H groups in total. The summed E-state index contributed by atoms with van der Waals surface area (Å²) < 4.78 is 35.1. The SMILES string of the molecule is CCNC(=NCc1cc(OC)ccc1OC(F)F)NCCCN1CCC(O)CC1.I. The molecule has 1 fully saturated rings. The van der Waals surface area contributed by atoms with Gasteiger partial charge < -0.3 is 30.1 Å². The second kappa shape index (κ2) is 14.6. The first-order chi connectivity index (χ1) is 14.0. The van der Waals surface area contributed by atoms with Gasteiger partial charge in [-0.25, -0.2) is 4.99 Å². The van der Waals surface area contributed by atoms with E-state index < -0.39 is 6.61 Å². The van der Waals surface area contributed by atoms with Gasteiger partial charge in [-0.1, -0.05) is 0 Å². The largest absolute Gasteiger partial charge is 0.497 e. The summed E-state index contributed by atoms with van der Waals surface area (Å²) in [5.74, 6) is 1.27. The Morgan fingerprint density at radius 3 is 2.67 bits per heavy atom. The molecule has 0 atom stereocenters. The van der Waals surface area contributed by atoms with Gasteiger partial charge in [0.15, 0.2) is 5.96 Å². The summed E-state index contributed by atoms with van der Waals surface area (Å²) in [5, 5.41) is 16.0. The maximum absolute atomic E-state index is 12.7. The third kappa shape index (κ3) is 9.61. The van der Waals surface area contributed by atoms with E-state index in [-0.39, 0.29) is 42.4 Å². The van der Waals surface area contributed by atoms with E-state index in [0.717, 1.165) is 45.4 Å². The molecule has 0 saturated carbocycles. The molecule has 0 bridgehead atoms. The highest BCUT2D eigenvalue weighted by molar-refractivity contribution is 14.0. The molecule has 0 spiro atoms. The molecule has 1 aromatic rings. The van der Waals surface area contributed by atoms with Gasteiger partial charge in [0.05, 0.1) is 19.8 Å². The van der Waals surface area contributed by atoms with Crippen LogP contribution in [-0.2, 0) is 6.54 Å². The number of benzene rings is 1. The predicted octanol–water partition coefficient (Wildman–Crippen LogP) is 2.82. The number of aliphatic hydroxyl groups excluding tert-OH is 1. The van der Waals surface area contributed by atoms with Crippen molar-refractivity contribution in [3.63, 3.8) is 0 Å². The molecule has 1 aliphatic heterocycles. The van der Waals surface area contributed by atoms with Gasteiger partial charge in [-0.3, -0.25) is 0 Å². The van der Waals surface area contributed by atoms with Gasteiger partial charge in [-0.05, 0) is 50.9 Å². The fourth-order valence-corrected chi connectivity index (χ4v) is 3.18. The predicted molar refractivity (Wildman–Crippen MR) is 124 cm³/mol. The number of ether oxygens (including phenoxy) is 2. The van der Waals surface area contributed by atoms with Crippen molar-refractivity contribution in [1.29, 1.82) is 0 Å². The number of methoxy groups -OCH3 is 1. The van der Waals surface area contributed by atoms with Crippen molar-refractivity contribution in [2.45, 2.75) is 45.4 Å². The van der Waals surface area contributed by atoms with Crippen molar-refractivity contribution in [3.05, 3.63) is 23.8 Å². The number of halogens is 3. The van der Waals surface area contributed by atoms with Gasteiger partial charge in [0.2, 0.25) is 0 Å². The normalized spacial score (nSPS) is 15.6. The number of piperidine rings is 1. The molecule has 1 saturated heterocycles. The van der Waals surface area contributed by atoms with Crippen LogP contribution in [0.4, 0.5) is 8.78 Å². The Morgan fingerprint density at radius 2 is 2.03 bits per heavy atom. The van der Waals surface area contributed by atoms with Crippen LogP contribution in [0.3, 0.4) is 0 Å². The third-order valence-electron chi connectivity index (χ3n) is 4.74. The smallest absolute Gasteiger partial charge is 0.387 e. The number of hydrogen-bond acceptors (Lipinski definition) is 5. The van der Waals surface area contributed by atoms with Crippen molar-refractivity contribution in [1.82, 2.24) is 15.5 Å². The van der Waals surface area contributed by atoms with Crippen LogP contribution in [0.5, 0.6) is 11.5 Å². The number of rotatable bonds is 10. The van der Waals surface area contributed by atoms with Gasteiger partial charge >= 0.3 is 6.61 Å². The quantitative estimate of drug-likeness (QED) is 0.183. The Bertz CT molecular complexity index is 644. The Kier molecular flexibility index (Phi) is 12.9. The lowest BCUT2D eigenvalue weighted by molar-refractivity contribution is -0.0504. The summed E-state index contributed by atoms with van der Waals surface area (Å²) in [6, 6.07) is 4.69. The average Bonchev–Trinajstić information content (AvgIpc) is 2.71. The summed E-state index contributed by atoms with van der Waals surface area (Å²) in [6.07, 6.45) is 2.45. The summed E-state index contributed by atoms with van der Waals surface area (Å²) in [5.41, 5.74) is 0.522. The van der Waals surface area contributed by atoms with Crippen LogP contribution >= 0.6 is 24.0 Å². The van der Waals surface area contributed by atoms with E-state index in [1.165, 1.54) is 13.2 Å². The maximum Gasteiger partial charge on any atom is 0.387 e. The molecular formula is C20H33F2IN4O3. The highest BCUT2D eigenvalue weighted by Gasteiger charge is 2.16. The maximum atomic E-state index is 12.7. The Morgan fingerprint density at radius 1 is 1.30 bits per heavy atom. The number of aliphatic imine (C=N–C) groups is 1. The number of hydrogen-bond donors (Lipinski definition) is 3. The van der Waals surface area contributed by atoms with E-state index in [0.29, 0.717) is 23.8 Å². The second-order valence-electron chi connectivity index (χ2n) is 6.90. The van der Waals surface area contributed by atoms with Gasteiger partial charge in [0.1, 0.15) is 11.5 Å². The standard InChI is InChI=1S/C20H32F2N4O3.HI/c1-3-23-20(24-9-4-10-26-11-7-16(27)8-12-26)25-14-15-13-17(28-2)5-6-18(15)29-19(21)22;/h5-6,13,16,19,27H,3-4,7-12,14H2,1-2H3,(H2,23,24,25);1H. The monoisotopic (exact) mass is 542 g/mol. The van der Waals surface area contributed by atoms with Crippen LogP contribution in [0, 0.1) is 0 Å². The molecule has 7 nitrogen and oxygen atoms in total. The Labute approximate surface area is 194 Å². The molecule has 172 valence electrons. The van der Waals surface area contributed by atoms with E-state index in [1.54, 1.807) is 12.1 Å². The number of nitrogens with one attached hydrogen (secondary N) is 2. The van der Waals surface area contributed by atoms with Crippen LogP contribution in [0.25, 0.3) is 0 Å². The minimum absolute atomic E-state index is 0. The lowest BCUT2D eigenvalue weighted by Gasteiger charge is -2.29. The Hall–Kier alpha value is -1.40. The summed E-state index contributed by atoms with van der Waals surface area (Å²) in [4.78, 5) is 6.84. The molecule has 30 heavy (non-hydrogen) atoms. The van der Waals surface area contributed by atoms with Crippen LogP contribution in [0.2, 0.25) is 0 Å². The summed E-state index contributed by atoms with van der Waals surface area (Å²) in [7, 11) is 1.52. The Balaban J connectivity index is 0.00000450. The molecule has 0 aromatic heterocycles. The minimum atomic E-state index is -2.90. The zero-order valence-electron chi connectivity index (χ0n) is 17.6. The highest BCUT2D eigenvalue weighted by atomic mass is 127. The molecule has 0 amide bonds. The third-order valence-corrected chi connectivity index (χ3v) is 4.74. The summed E-state index contributed by atoms with van der Waals surface area (Å²) >= 11 is 0. The van der Waals surface area contributed by atoms with Gasteiger partial charge in [0.25, 0.3) is 0 Å². The molecule has 0 aliphatic carbocycles. The van der Waals surface area contributed by atoms with E-state index in [2.05, 4.69) is 25.3 Å². The molecule has 0 unspecified atom stereocenters. The van der Waals surface area contributed by atoms with Crippen LogP contribution in [-0.4, -0.2) is 68.5 Å². The first-order valence-electron chi connectivity index (χ1n) is 10.1. The van der Waals surface area contributed by atoms with Gasteiger partial charge in [0, 0.05) is 31.7 Å². The molecule has 2 rings (SSSR count). The van der Waals surface area contributed by atoms with E-state index in [4.69, 9.17) is 4.74 Å². The number of guanidine groups is 1. The van der Waals surface area contributed by atoms with Crippen LogP contribution < -0.4 is 20.1 Å². The molecule has 1 aliphatic rings. The minimum Gasteiger partial charge on any atom is -0.497 e. The van der Waals surface area contributed by atoms with E-state index >= 15 is 0 Å². The van der Waals surface area contributed by atoms with Crippen molar-refractivity contribution < 1.29 is 23.4 Å². The van der Waals surface area contributed by atoms with E-state index in [9.17, 15) is 13.9 Å². The van der Waals surface area contributed by atoms with Crippen LogP contribution in [0.1, 0.15) is 31.7 Å². The molecule has 0 radical (unpaired) electrons. The topological polar surface area (TPSA) is 78.4 Å². The second-order valence-corrected chi connectivity index (χ2v) is 6.90. The molecule has 1 heterocycles. The number of likely N-dealkylation sites (tertiary alicyclic amines) is 1. The van der Waals surface area contributed by atoms with E-state index in [1.807, 2.05) is 6.92 Å². The number of alkyl halides is 2. The van der Waals surface area contributed by atoms with Gasteiger partial charge in [-0.15, -0.1) is 24.0 Å². The molecule has 10 heteroatoms. The summed E-state index contributed by atoms with van der Waals surface area (Å²) in [6.45, 7) is 3.49. The van der Waals surface area contributed by atoms with Crippen molar-refractivity contribution in [2.24, 2.45) is 4.99 Å². The van der Waals surface area contributed by atoms with Crippen molar-refractivity contribution in [3.8, 4) is 11.5 Å². The number of nitrogens with zero attached hydrogens (tertiary/aromatic N) is 2. The average molecular weight is 542 g/mol. The number of aliphatic hydroxyl groups is 1. The lowest BCUT2D eigenvalue weighted by Crippen LogP contribution is -2.40. The highest BCUT2D eigenvalue weighted by Crippen LogP contribution is 2.26. The first kappa shape index (κ1) is 26.6. The van der Waals surface area contributed by atoms with Crippen molar-refractivity contribution >= 4 is 29.9 Å². The van der Waals surface area contributed by atoms with Crippen LogP contribution in [0.15, 0.2) is 23.2 Å². The lowest BCUT2D eigenvalue weighted by atomic mass is 10.1. The molecule has 1 aromatic carbocycles.